The van der Waals surface area contributed by atoms with Gasteiger partial charge in [-0.15, -0.1) is 0 Å². The summed E-state index contributed by atoms with van der Waals surface area (Å²) in [4.78, 5) is 0. The minimum atomic E-state index is -0.0703. The maximum atomic E-state index is 9.22. The molecule has 0 aromatic heterocycles. The van der Waals surface area contributed by atoms with Crippen molar-refractivity contribution in [2.75, 3.05) is 19.7 Å². The van der Waals surface area contributed by atoms with Gasteiger partial charge in [-0.05, 0) is 13.0 Å². The molecule has 0 aliphatic carbocycles. The molecule has 11 heavy (non-hydrogen) atoms. The topological polar surface area (TPSA) is 55.7 Å². The molecule has 0 unspecified atom stereocenters. The van der Waals surface area contributed by atoms with E-state index in [2.05, 4.69) is 5.32 Å². The highest BCUT2D eigenvalue weighted by Crippen LogP contribution is 2.14. The highest BCUT2D eigenvalue weighted by Gasteiger charge is 2.29. The zero-order valence-corrected chi connectivity index (χ0v) is 6.82. The van der Waals surface area contributed by atoms with Gasteiger partial charge in [0.25, 0.3) is 0 Å². The molecule has 0 spiro atoms. The van der Waals surface area contributed by atoms with E-state index in [1.165, 1.54) is 5.06 Å². The van der Waals surface area contributed by atoms with Crippen molar-refractivity contribution < 1.29 is 11.7 Å². The number of hydroxylamine groups is 2. The second kappa shape index (κ2) is 4.01. The second-order valence-electron chi connectivity index (χ2n) is 2.95. The number of hydrogen-bond donors (Lipinski definition) is 3. The molecule has 1 heterocycles. The first-order valence-corrected chi connectivity index (χ1v) is 4.07. The van der Waals surface area contributed by atoms with Gasteiger partial charge in [-0.1, -0.05) is 6.92 Å². The number of nitrogens with one attached hydrogen (secondary N) is 1. The van der Waals surface area contributed by atoms with E-state index in [0.29, 0.717) is 12.6 Å². The summed E-state index contributed by atoms with van der Waals surface area (Å²) in [5, 5.41) is 22.5. The average molecular weight is 162 g/mol. The Labute approximate surface area is 68.3 Å². The smallest absolute Gasteiger partial charge is 0.0610 e. The van der Waals surface area contributed by atoms with Crippen LogP contribution in [-0.4, -0.2) is 47.2 Å². The number of likely N-dealkylation sites (N-methyl/N-ethyl adjacent to an activating group) is 1. The lowest BCUT2D eigenvalue weighted by Crippen LogP contribution is -2.31. The lowest BCUT2D eigenvalue weighted by molar-refractivity contribution is -0.113. The normalized spacial score (nSPS) is 33.0. The number of hydrogen-bond acceptors (Lipinski definition) is 4. The van der Waals surface area contributed by atoms with Gasteiger partial charge in [0.05, 0.1) is 12.6 Å². The van der Waals surface area contributed by atoms with E-state index in [-0.39, 0.29) is 14.1 Å². The van der Waals surface area contributed by atoms with Crippen LogP contribution in [0.5, 0.6) is 0 Å². The van der Waals surface area contributed by atoms with Crippen molar-refractivity contribution in [3.8, 4) is 0 Å². The van der Waals surface area contributed by atoms with Gasteiger partial charge in [-0.2, -0.15) is 5.06 Å². The van der Waals surface area contributed by atoms with E-state index in [9.17, 15) is 5.21 Å². The van der Waals surface area contributed by atoms with Crippen LogP contribution in [0, 0.1) is 0 Å². The van der Waals surface area contributed by atoms with Gasteiger partial charge >= 0.3 is 0 Å². The fourth-order valence-electron chi connectivity index (χ4n) is 1.50. The molecule has 0 bridgehead atoms. The van der Waals surface area contributed by atoms with Crippen LogP contribution in [0.15, 0.2) is 0 Å². The van der Waals surface area contributed by atoms with Crippen LogP contribution < -0.4 is 5.32 Å². The molecule has 0 aromatic carbocycles. The molecule has 2 atom stereocenters. The van der Waals surface area contributed by atoms with E-state index in [1.807, 2.05) is 6.92 Å². The largest absolute Gasteiger partial charge is 0.395 e. The summed E-state index contributed by atoms with van der Waals surface area (Å²) >= 11 is 0. The SMILES string of the molecule is CCN[C@H]1C[C@@H](CO)N(O)C1.[HH]. The third-order valence-corrected chi connectivity index (χ3v) is 2.09. The summed E-state index contributed by atoms with van der Waals surface area (Å²) in [6, 6.07) is 0.265. The van der Waals surface area contributed by atoms with Crippen molar-refractivity contribution >= 4 is 0 Å². The zero-order chi connectivity index (χ0) is 8.27. The van der Waals surface area contributed by atoms with Crippen molar-refractivity contribution in [3.63, 3.8) is 0 Å². The Kier molecular flexibility index (Phi) is 3.26. The fourth-order valence-corrected chi connectivity index (χ4v) is 1.50. The van der Waals surface area contributed by atoms with Crippen LogP contribution in [0.25, 0.3) is 0 Å². The van der Waals surface area contributed by atoms with Gasteiger partial charge in [0, 0.05) is 14.0 Å². The summed E-state index contributed by atoms with van der Waals surface area (Å²) < 4.78 is 0. The fraction of sp³-hybridized carbons (Fsp3) is 1.00. The molecule has 1 saturated heterocycles. The van der Waals surface area contributed by atoms with E-state index >= 15 is 0 Å². The highest BCUT2D eigenvalue weighted by molar-refractivity contribution is 4.84. The van der Waals surface area contributed by atoms with Gasteiger partial charge in [-0.3, -0.25) is 0 Å². The summed E-state index contributed by atoms with van der Waals surface area (Å²) in [6.07, 6.45) is 0.834. The molecule has 4 heteroatoms. The number of aliphatic hydroxyl groups excluding tert-OH is 1. The van der Waals surface area contributed by atoms with Crippen LogP contribution in [0.2, 0.25) is 0 Å². The Morgan fingerprint density at radius 3 is 2.91 bits per heavy atom. The Morgan fingerprint density at radius 2 is 2.45 bits per heavy atom. The predicted octanol–water partition coefficient (Wildman–Crippen LogP) is -0.334. The van der Waals surface area contributed by atoms with Crippen LogP contribution in [0.3, 0.4) is 0 Å². The first kappa shape index (κ1) is 8.93. The zero-order valence-electron chi connectivity index (χ0n) is 6.82. The minimum Gasteiger partial charge on any atom is -0.395 e. The summed E-state index contributed by atoms with van der Waals surface area (Å²) in [6.45, 7) is 3.61. The lowest BCUT2D eigenvalue weighted by Gasteiger charge is -2.12. The Morgan fingerprint density at radius 1 is 1.73 bits per heavy atom. The molecule has 1 fully saturated rings. The molecule has 0 saturated carbocycles. The number of rotatable bonds is 3. The number of nitrogens with zero attached hydrogens (tertiary/aromatic N) is 1. The highest BCUT2D eigenvalue weighted by atomic mass is 16.5. The van der Waals surface area contributed by atoms with E-state index in [0.717, 1.165) is 13.0 Å². The van der Waals surface area contributed by atoms with E-state index in [1.54, 1.807) is 0 Å². The maximum Gasteiger partial charge on any atom is 0.0610 e. The van der Waals surface area contributed by atoms with Gasteiger partial charge in [0.15, 0.2) is 0 Å². The van der Waals surface area contributed by atoms with Crippen LogP contribution in [0.1, 0.15) is 14.8 Å². The quantitative estimate of drug-likeness (QED) is 0.532. The predicted molar refractivity (Wildman–Crippen MR) is 43.6 cm³/mol. The van der Waals surface area contributed by atoms with Gasteiger partial charge < -0.3 is 15.6 Å². The summed E-state index contributed by atoms with van der Waals surface area (Å²) in [5.41, 5.74) is 0. The second-order valence-corrected chi connectivity index (χ2v) is 2.95. The summed E-state index contributed by atoms with van der Waals surface area (Å²) in [7, 11) is 0. The average Bonchev–Trinajstić information content (AvgIpc) is 2.32. The van der Waals surface area contributed by atoms with E-state index in [4.69, 9.17) is 5.11 Å². The van der Waals surface area contributed by atoms with Crippen LogP contribution in [0.4, 0.5) is 0 Å². The van der Waals surface area contributed by atoms with E-state index < -0.39 is 0 Å². The lowest BCUT2D eigenvalue weighted by atomic mass is 10.2. The Bertz CT molecular complexity index is 126. The van der Waals surface area contributed by atoms with Gasteiger partial charge in [0.2, 0.25) is 0 Å². The summed E-state index contributed by atoms with van der Waals surface area (Å²) in [5.74, 6) is 0. The molecule has 3 N–H and O–H groups in total. The molecule has 0 radical (unpaired) electrons. The number of aliphatic hydroxyl groups is 1. The first-order chi connectivity index (χ1) is 5.27. The van der Waals surface area contributed by atoms with Crippen molar-refractivity contribution in [3.05, 3.63) is 0 Å². The third-order valence-electron chi connectivity index (χ3n) is 2.09. The maximum absolute atomic E-state index is 9.22. The Hall–Kier alpha value is -0.160. The molecule has 4 nitrogen and oxygen atoms in total. The molecule has 1 rings (SSSR count). The van der Waals surface area contributed by atoms with Crippen LogP contribution >= 0.6 is 0 Å². The Balaban J connectivity index is 0.00000121. The minimum absolute atomic E-state index is 0. The van der Waals surface area contributed by atoms with Crippen molar-refractivity contribution in [2.24, 2.45) is 0 Å². The van der Waals surface area contributed by atoms with Crippen molar-refractivity contribution in [1.82, 2.24) is 10.4 Å². The first-order valence-electron chi connectivity index (χ1n) is 4.07. The standard InChI is InChI=1S/C7H16N2O2.H2/c1-2-8-6-3-7(5-10)9(11)4-6;/h6-8,10-11H,2-5H2,1H3;1H/t6-,7-;/m0./s1. The molecule has 1 aliphatic heterocycles. The third kappa shape index (κ3) is 2.13. The van der Waals surface area contributed by atoms with Gasteiger partial charge in [0.1, 0.15) is 0 Å². The molecule has 1 aliphatic rings. The molecular weight excluding hydrogens is 144 g/mol. The van der Waals surface area contributed by atoms with Gasteiger partial charge in [-0.25, -0.2) is 0 Å². The van der Waals surface area contributed by atoms with Crippen LogP contribution in [-0.2, 0) is 0 Å². The monoisotopic (exact) mass is 162 g/mol. The molecular formula is C7H18N2O2. The van der Waals surface area contributed by atoms with Crippen molar-refractivity contribution in [2.45, 2.75) is 25.4 Å². The molecule has 0 aromatic rings. The van der Waals surface area contributed by atoms with Crippen molar-refractivity contribution in [1.29, 1.82) is 0 Å². The molecule has 0 amide bonds. The molecule has 68 valence electrons.